The highest BCUT2D eigenvalue weighted by atomic mass is 16.5. The number of carbonyl (C=O) groups excluding carboxylic acids is 1. The minimum absolute atomic E-state index is 0.0808. The molecule has 1 aliphatic rings. The van der Waals surface area contributed by atoms with Crippen LogP contribution in [-0.4, -0.2) is 12.1 Å². The van der Waals surface area contributed by atoms with Gasteiger partial charge in [0.05, 0.1) is 0 Å². The van der Waals surface area contributed by atoms with Gasteiger partial charge in [-0.15, -0.1) is 0 Å². The van der Waals surface area contributed by atoms with Crippen molar-refractivity contribution in [1.29, 1.82) is 0 Å². The Hall–Kier alpha value is -1.77. The molecule has 0 amide bonds. The first-order valence-corrected chi connectivity index (χ1v) is 6.89. The van der Waals surface area contributed by atoms with Crippen LogP contribution in [0.3, 0.4) is 0 Å². The quantitative estimate of drug-likeness (QED) is 0.514. The van der Waals surface area contributed by atoms with Crippen LogP contribution in [0.4, 0.5) is 5.69 Å². The van der Waals surface area contributed by atoms with Crippen molar-refractivity contribution in [3.63, 3.8) is 0 Å². The molecule has 0 spiro atoms. The topological polar surface area (TPSA) is 52.3 Å². The number of nitrogens with two attached hydrogens (primary N) is 1. The van der Waals surface area contributed by atoms with Gasteiger partial charge in [-0.25, -0.2) is 4.79 Å². The highest BCUT2D eigenvalue weighted by Gasteiger charge is 2.23. The van der Waals surface area contributed by atoms with Gasteiger partial charge in [0.2, 0.25) is 0 Å². The van der Waals surface area contributed by atoms with E-state index in [1.54, 1.807) is 6.08 Å². The fourth-order valence-electron chi connectivity index (χ4n) is 2.42. The van der Waals surface area contributed by atoms with Gasteiger partial charge >= 0.3 is 5.97 Å². The number of benzene rings is 1. The fourth-order valence-corrected chi connectivity index (χ4v) is 2.42. The number of rotatable bonds is 3. The molecule has 1 aromatic rings. The summed E-state index contributed by atoms with van der Waals surface area (Å²) in [5, 5.41) is 0. The van der Waals surface area contributed by atoms with E-state index in [0.29, 0.717) is 5.92 Å². The van der Waals surface area contributed by atoms with E-state index >= 15 is 0 Å². The minimum Gasteiger partial charge on any atom is -0.459 e. The first-order valence-electron chi connectivity index (χ1n) is 6.89. The summed E-state index contributed by atoms with van der Waals surface area (Å²) in [7, 11) is 0. The molecule has 102 valence electrons. The monoisotopic (exact) mass is 259 g/mol. The van der Waals surface area contributed by atoms with E-state index in [1.807, 2.05) is 24.3 Å². The van der Waals surface area contributed by atoms with Crippen molar-refractivity contribution in [2.24, 2.45) is 5.92 Å². The SMILES string of the molecule is CC1CCCCC1OC(=O)/C=C/c1ccc(N)cc1. The van der Waals surface area contributed by atoms with E-state index in [1.165, 1.54) is 12.5 Å². The lowest BCUT2D eigenvalue weighted by Crippen LogP contribution is -2.27. The van der Waals surface area contributed by atoms with Crippen LogP contribution in [-0.2, 0) is 9.53 Å². The standard InChI is InChI=1S/C16H21NO2/c1-12-4-2-3-5-15(12)19-16(18)11-8-13-6-9-14(17)10-7-13/h6-12,15H,2-5,17H2,1H3/b11-8+. The number of anilines is 1. The first kappa shape index (κ1) is 13.7. The second-order valence-electron chi connectivity index (χ2n) is 5.24. The summed E-state index contributed by atoms with van der Waals surface area (Å²) in [4.78, 5) is 11.8. The molecule has 2 unspecified atom stereocenters. The van der Waals surface area contributed by atoms with Crippen molar-refractivity contribution in [2.45, 2.75) is 38.7 Å². The highest BCUT2D eigenvalue weighted by Crippen LogP contribution is 2.26. The van der Waals surface area contributed by atoms with Gasteiger partial charge < -0.3 is 10.5 Å². The molecule has 2 rings (SSSR count). The fraction of sp³-hybridized carbons (Fsp3) is 0.438. The van der Waals surface area contributed by atoms with Gasteiger partial charge in [-0.05, 0) is 49.0 Å². The molecule has 3 nitrogen and oxygen atoms in total. The molecule has 0 bridgehead atoms. The summed E-state index contributed by atoms with van der Waals surface area (Å²) in [6.45, 7) is 2.15. The van der Waals surface area contributed by atoms with Crippen molar-refractivity contribution in [3.05, 3.63) is 35.9 Å². The number of ether oxygens (including phenoxy) is 1. The maximum atomic E-state index is 11.8. The molecule has 0 aromatic heterocycles. The van der Waals surface area contributed by atoms with Crippen LogP contribution >= 0.6 is 0 Å². The Kier molecular flexibility index (Phi) is 4.61. The van der Waals surface area contributed by atoms with Crippen LogP contribution in [0.25, 0.3) is 6.08 Å². The van der Waals surface area contributed by atoms with Crippen molar-refractivity contribution in [1.82, 2.24) is 0 Å². The molecule has 0 radical (unpaired) electrons. The molecular formula is C16H21NO2. The van der Waals surface area contributed by atoms with Crippen LogP contribution in [0.15, 0.2) is 30.3 Å². The largest absolute Gasteiger partial charge is 0.459 e. The summed E-state index contributed by atoms with van der Waals surface area (Å²) < 4.78 is 5.50. The summed E-state index contributed by atoms with van der Waals surface area (Å²) >= 11 is 0. The molecule has 1 aromatic carbocycles. The van der Waals surface area contributed by atoms with Crippen LogP contribution in [0.5, 0.6) is 0 Å². The zero-order valence-electron chi connectivity index (χ0n) is 11.3. The molecule has 2 atom stereocenters. The lowest BCUT2D eigenvalue weighted by molar-refractivity contribution is -0.146. The van der Waals surface area contributed by atoms with Crippen LogP contribution in [0.1, 0.15) is 38.2 Å². The Morgan fingerprint density at radius 3 is 2.63 bits per heavy atom. The Labute approximate surface area is 114 Å². The summed E-state index contributed by atoms with van der Waals surface area (Å²) in [6, 6.07) is 7.38. The van der Waals surface area contributed by atoms with E-state index in [-0.39, 0.29) is 12.1 Å². The predicted octanol–water partition coefficient (Wildman–Crippen LogP) is 3.40. The smallest absolute Gasteiger partial charge is 0.331 e. The van der Waals surface area contributed by atoms with Crippen LogP contribution in [0, 0.1) is 5.92 Å². The molecule has 0 saturated heterocycles. The maximum Gasteiger partial charge on any atom is 0.331 e. The molecule has 1 fully saturated rings. The third-order valence-electron chi connectivity index (χ3n) is 3.65. The maximum absolute atomic E-state index is 11.8. The Bertz CT molecular complexity index is 450. The van der Waals surface area contributed by atoms with Crippen LogP contribution < -0.4 is 5.73 Å². The van der Waals surface area contributed by atoms with Gasteiger partial charge in [0, 0.05) is 11.8 Å². The summed E-state index contributed by atoms with van der Waals surface area (Å²) in [5.74, 6) is 0.221. The van der Waals surface area contributed by atoms with Crippen molar-refractivity contribution >= 4 is 17.7 Å². The van der Waals surface area contributed by atoms with E-state index in [0.717, 1.165) is 30.5 Å². The molecule has 0 aliphatic heterocycles. The number of carbonyl (C=O) groups is 1. The van der Waals surface area contributed by atoms with Gasteiger partial charge in [-0.2, -0.15) is 0 Å². The number of hydrogen-bond acceptors (Lipinski definition) is 3. The van der Waals surface area contributed by atoms with Crippen LogP contribution in [0.2, 0.25) is 0 Å². The second-order valence-corrected chi connectivity index (χ2v) is 5.24. The normalized spacial score (nSPS) is 23.4. The molecule has 1 aliphatic carbocycles. The van der Waals surface area contributed by atoms with Gasteiger partial charge in [-0.3, -0.25) is 0 Å². The summed E-state index contributed by atoms with van der Waals surface area (Å²) in [6.07, 6.45) is 7.88. The average Bonchev–Trinajstić information content (AvgIpc) is 2.41. The second kappa shape index (κ2) is 6.41. The Morgan fingerprint density at radius 1 is 1.26 bits per heavy atom. The van der Waals surface area contributed by atoms with Gasteiger partial charge in [-0.1, -0.05) is 25.5 Å². The third-order valence-corrected chi connectivity index (χ3v) is 3.65. The van der Waals surface area contributed by atoms with Gasteiger partial charge in [0.15, 0.2) is 0 Å². The third kappa shape index (κ3) is 4.12. The van der Waals surface area contributed by atoms with E-state index in [4.69, 9.17) is 10.5 Å². The van der Waals surface area contributed by atoms with E-state index in [2.05, 4.69) is 6.92 Å². The molecule has 1 saturated carbocycles. The Balaban J connectivity index is 1.88. The van der Waals surface area contributed by atoms with E-state index in [9.17, 15) is 4.79 Å². The lowest BCUT2D eigenvalue weighted by atomic mass is 9.88. The molecule has 0 heterocycles. The van der Waals surface area contributed by atoms with Crippen molar-refractivity contribution < 1.29 is 9.53 Å². The average molecular weight is 259 g/mol. The van der Waals surface area contributed by atoms with Crippen molar-refractivity contribution in [3.8, 4) is 0 Å². The van der Waals surface area contributed by atoms with E-state index < -0.39 is 0 Å². The molecule has 2 N–H and O–H groups in total. The number of hydrogen-bond donors (Lipinski definition) is 1. The molecular weight excluding hydrogens is 238 g/mol. The number of nitrogen functional groups attached to an aromatic ring is 1. The van der Waals surface area contributed by atoms with Gasteiger partial charge in [0.25, 0.3) is 0 Å². The zero-order valence-corrected chi connectivity index (χ0v) is 11.3. The highest BCUT2D eigenvalue weighted by molar-refractivity contribution is 5.87. The molecule has 3 heteroatoms. The minimum atomic E-state index is -0.254. The lowest BCUT2D eigenvalue weighted by Gasteiger charge is -2.27. The van der Waals surface area contributed by atoms with Gasteiger partial charge in [0.1, 0.15) is 6.10 Å². The zero-order chi connectivity index (χ0) is 13.7. The van der Waals surface area contributed by atoms with Crippen molar-refractivity contribution in [2.75, 3.05) is 5.73 Å². The number of esters is 1. The Morgan fingerprint density at radius 2 is 1.95 bits per heavy atom. The first-order chi connectivity index (χ1) is 9.15. The molecule has 19 heavy (non-hydrogen) atoms. The summed E-state index contributed by atoms with van der Waals surface area (Å²) in [5.41, 5.74) is 7.27. The predicted molar refractivity (Wildman–Crippen MR) is 77.4 cm³/mol.